The van der Waals surface area contributed by atoms with Crippen LogP contribution in [0.5, 0.6) is 0 Å². The van der Waals surface area contributed by atoms with Gasteiger partial charge in [-0.15, -0.1) is 0 Å². The van der Waals surface area contributed by atoms with E-state index in [1.807, 2.05) is 0 Å². The number of benzene rings is 2. The summed E-state index contributed by atoms with van der Waals surface area (Å²) in [5.41, 5.74) is -0.0120. The summed E-state index contributed by atoms with van der Waals surface area (Å²) in [5.74, 6) is -3.20. The fourth-order valence-corrected chi connectivity index (χ4v) is 2.48. The van der Waals surface area contributed by atoms with Gasteiger partial charge in [0, 0.05) is 16.1 Å². The van der Waals surface area contributed by atoms with Gasteiger partial charge in [0.1, 0.15) is 11.6 Å². The monoisotopic (exact) mass is 332 g/mol. The van der Waals surface area contributed by atoms with Gasteiger partial charge in [0.2, 0.25) is 0 Å². The van der Waals surface area contributed by atoms with Gasteiger partial charge in [-0.25, -0.2) is 9.18 Å². The highest BCUT2D eigenvalue weighted by Crippen LogP contribution is 2.37. The molecule has 1 unspecified atom stereocenters. The Kier molecular flexibility index (Phi) is 3.88. The number of hydrogen-bond acceptors (Lipinski definition) is 4. The lowest BCUT2D eigenvalue weighted by atomic mass is 9.96. The molecule has 1 N–H and O–H groups in total. The zero-order chi connectivity index (χ0) is 16.6. The van der Waals surface area contributed by atoms with E-state index in [2.05, 4.69) is 0 Å². The van der Waals surface area contributed by atoms with Crippen molar-refractivity contribution in [2.45, 2.75) is 6.10 Å². The van der Waals surface area contributed by atoms with Crippen LogP contribution in [0.25, 0.3) is 5.76 Å². The van der Waals surface area contributed by atoms with Crippen LogP contribution in [0, 0.1) is 5.82 Å². The highest BCUT2D eigenvalue weighted by atomic mass is 35.5. The Labute approximate surface area is 135 Å². The zero-order valence-electron chi connectivity index (χ0n) is 11.6. The lowest BCUT2D eigenvalue weighted by Crippen LogP contribution is -2.08. The molecule has 0 aromatic heterocycles. The van der Waals surface area contributed by atoms with E-state index >= 15 is 0 Å². The minimum atomic E-state index is -1.29. The third-order valence-corrected chi connectivity index (χ3v) is 3.73. The van der Waals surface area contributed by atoms with E-state index in [9.17, 15) is 19.1 Å². The molecular formula is C17H10ClFO4. The van der Waals surface area contributed by atoms with Crippen LogP contribution in [0.3, 0.4) is 0 Å². The van der Waals surface area contributed by atoms with Crippen LogP contribution in [-0.4, -0.2) is 16.9 Å². The largest absolute Gasteiger partial charge is 0.507 e. The first kappa shape index (κ1) is 15.2. The van der Waals surface area contributed by atoms with E-state index < -0.39 is 29.4 Å². The van der Waals surface area contributed by atoms with Gasteiger partial charge in [0.05, 0.1) is 5.57 Å². The summed E-state index contributed by atoms with van der Waals surface area (Å²) >= 11 is 5.78. The number of ketones is 1. The Bertz CT molecular complexity index is 827. The molecule has 1 aliphatic heterocycles. The normalized spacial score (nSPS) is 19.7. The summed E-state index contributed by atoms with van der Waals surface area (Å²) < 4.78 is 18.9. The van der Waals surface area contributed by atoms with Gasteiger partial charge in [0.15, 0.2) is 6.10 Å². The molecule has 4 nitrogen and oxygen atoms in total. The SMILES string of the molecule is O=C1OC(c2ccccc2F)C(=C(O)c2ccc(Cl)cc2)C1=O. The van der Waals surface area contributed by atoms with Crippen LogP contribution in [0.1, 0.15) is 17.2 Å². The Morgan fingerprint density at radius 3 is 2.39 bits per heavy atom. The standard InChI is InChI=1S/C17H10ClFO4/c18-10-7-5-9(6-8-10)14(20)13-15(21)17(22)23-16(13)11-3-1-2-4-12(11)19/h1-8,16,20H. The first-order chi connectivity index (χ1) is 11.0. The van der Waals surface area contributed by atoms with E-state index in [1.54, 1.807) is 6.07 Å². The number of carbonyl (C=O) groups is 2. The summed E-state index contributed by atoms with van der Waals surface area (Å²) in [6.45, 7) is 0. The van der Waals surface area contributed by atoms with Crippen LogP contribution in [0.2, 0.25) is 5.02 Å². The summed E-state index contributed by atoms with van der Waals surface area (Å²) in [5, 5.41) is 10.8. The Morgan fingerprint density at radius 1 is 1.09 bits per heavy atom. The molecule has 0 spiro atoms. The third kappa shape index (κ3) is 2.71. The molecule has 2 aromatic carbocycles. The molecule has 0 saturated carbocycles. The molecule has 0 aliphatic carbocycles. The Balaban J connectivity index is 2.15. The number of aliphatic hydroxyl groups excluding tert-OH is 1. The van der Waals surface area contributed by atoms with Crippen molar-refractivity contribution in [3.8, 4) is 0 Å². The van der Waals surface area contributed by atoms with E-state index in [1.165, 1.54) is 42.5 Å². The van der Waals surface area contributed by atoms with Gasteiger partial charge in [-0.2, -0.15) is 0 Å². The minimum absolute atomic E-state index is 0.00205. The van der Waals surface area contributed by atoms with Gasteiger partial charge in [0.25, 0.3) is 5.78 Å². The molecule has 2 aromatic rings. The highest BCUT2D eigenvalue weighted by Gasteiger charge is 2.43. The van der Waals surface area contributed by atoms with Crippen LogP contribution in [0.4, 0.5) is 4.39 Å². The van der Waals surface area contributed by atoms with Crippen molar-refractivity contribution >= 4 is 29.1 Å². The van der Waals surface area contributed by atoms with Gasteiger partial charge in [-0.05, 0) is 30.3 Å². The number of rotatable bonds is 2. The van der Waals surface area contributed by atoms with Crippen molar-refractivity contribution in [1.29, 1.82) is 0 Å². The summed E-state index contributed by atoms with van der Waals surface area (Å²) in [6.07, 6.45) is -1.29. The van der Waals surface area contributed by atoms with Crippen molar-refractivity contribution < 1.29 is 23.8 Å². The first-order valence-electron chi connectivity index (χ1n) is 6.68. The molecule has 3 rings (SSSR count). The molecule has 116 valence electrons. The van der Waals surface area contributed by atoms with E-state index in [0.29, 0.717) is 5.02 Å². The predicted molar refractivity (Wildman–Crippen MR) is 81.2 cm³/mol. The van der Waals surface area contributed by atoms with Crippen LogP contribution in [0.15, 0.2) is 54.1 Å². The quantitative estimate of drug-likeness (QED) is 0.395. The third-order valence-electron chi connectivity index (χ3n) is 3.48. The summed E-state index contributed by atoms with van der Waals surface area (Å²) in [6, 6.07) is 11.6. The lowest BCUT2D eigenvalue weighted by Gasteiger charge is -2.13. The topological polar surface area (TPSA) is 63.6 Å². The molecule has 0 radical (unpaired) electrons. The zero-order valence-corrected chi connectivity index (χ0v) is 12.4. The number of cyclic esters (lactones) is 1. The number of ether oxygens (including phenoxy) is 1. The average Bonchev–Trinajstić information content (AvgIpc) is 2.83. The maximum atomic E-state index is 14.0. The summed E-state index contributed by atoms with van der Waals surface area (Å²) in [7, 11) is 0. The minimum Gasteiger partial charge on any atom is -0.507 e. The van der Waals surface area contributed by atoms with Gasteiger partial charge in [-0.3, -0.25) is 4.79 Å². The maximum Gasteiger partial charge on any atom is 0.380 e. The van der Waals surface area contributed by atoms with Gasteiger partial charge in [-0.1, -0.05) is 29.8 Å². The summed E-state index contributed by atoms with van der Waals surface area (Å²) in [4.78, 5) is 23.6. The number of carbonyl (C=O) groups excluding carboxylic acids is 2. The second-order valence-electron chi connectivity index (χ2n) is 4.91. The number of halogens is 2. The molecule has 23 heavy (non-hydrogen) atoms. The second kappa shape index (κ2) is 5.85. The fraction of sp³-hybridized carbons (Fsp3) is 0.0588. The smallest absolute Gasteiger partial charge is 0.380 e. The fourth-order valence-electron chi connectivity index (χ4n) is 2.35. The van der Waals surface area contributed by atoms with E-state index in [4.69, 9.17) is 16.3 Å². The number of Topliss-reactive ketones (excluding diaryl/α,β-unsaturated/α-hetero) is 1. The molecule has 1 saturated heterocycles. The number of aliphatic hydroxyl groups is 1. The predicted octanol–water partition coefficient (Wildman–Crippen LogP) is 3.62. The van der Waals surface area contributed by atoms with Gasteiger partial charge < -0.3 is 9.84 Å². The van der Waals surface area contributed by atoms with E-state index in [0.717, 1.165) is 0 Å². The van der Waals surface area contributed by atoms with Crippen molar-refractivity contribution in [2.24, 2.45) is 0 Å². The van der Waals surface area contributed by atoms with Gasteiger partial charge >= 0.3 is 5.97 Å². The Hall–Kier alpha value is -2.66. The highest BCUT2D eigenvalue weighted by molar-refractivity contribution is 6.44. The second-order valence-corrected chi connectivity index (χ2v) is 5.34. The number of esters is 1. The molecule has 1 aliphatic rings. The molecular weight excluding hydrogens is 323 g/mol. The molecule has 0 bridgehead atoms. The van der Waals surface area contributed by atoms with Crippen LogP contribution < -0.4 is 0 Å². The lowest BCUT2D eigenvalue weighted by molar-refractivity contribution is -0.149. The maximum absolute atomic E-state index is 14.0. The van der Waals surface area contributed by atoms with Crippen LogP contribution >= 0.6 is 11.6 Å². The number of hydrogen-bond donors (Lipinski definition) is 1. The molecule has 1 atom stereocenters. The first-order valence-corrected chi connectivity index (χ1v) is 7.05. The average molecular weight is 333 g/mol. The van der Waals surface area contributed by atoms with E-state index in [-0.39, 0.29) is 16.7 Å². The molecule has 0 amide bonds. The molecule has 1 fully saturated rings. The van der Waals surface area contributed by atoms with Crippen molar-refractivity contribution in [1.82, 2.24) is 0 Å². The van der Waals surface area contributed by atoms with Crippen LogP contribution in [-0.2, 0) is 14.3 Å². The molecule has 6 heteroatoms. The van der Waals surface area contributed by atoms with Crippen molar-refractivity contribution in [3.63, 3.8) is 0 Å². The Morgan fingerprint density at radius 2 is 1.74 bits per heavy atom. The van der Waals surface area contributed by atoms with Crippen molar-refractivity contribution in [2.75, 3.05) is 0 Å². The van der Waals surface area contributed by atoms with Crippen molar-refractivity contribution in [3.05, 3.63) is 76.1 Å². The molecule has 1 heterocycles.